The average Bonchev–Trinajstić information content (AvgIpc) is 2.61. The van der Waals surface area contributed by atoms with Crippen molar-refractivity contribution in [3.05, 3.63) is 27.1 Å². The van der Waals surface area contributed by atoms with Crippen molar-refractivity contribution in [3.63, 3.8) is 0 Å². The van der Waals surface area contributed by atoms with Gasteiger partial charge >= 0.3 is 5.97 Å². The molecular weight excluding hydrogens is 354 g/mol. The zero-order chi connectivity index (χ0) is 12.6. The number of benzene rings is 1. The first-order valence-electron chi connectivity index (χ1n) is 4.97. The first kappa shape index (κ1) is 12.6. The molecule has 4 nitrogen and oxygen atoms in total. The van der Waals surface area contributed by atoms with Gasteiger partial charge in [-0.25, -0.2) is 0 Å². The van der Waals surface area contributed by atoms with Crippen LogP contribution in [0.3, 0.4) is 0 Å². The Balaban J connectivity index is 2.29. The molecule has 0 saturated carbocycles. The van der Waals surface area contributed by atoms with Crippen LogP contribution >= 0.6 is 31.9 Å². The van der Waals surface area contributed by atoms with Gasteiger partial charge in [-0.1, -0.05) is 15.9 Å². The third kappa shape index (κ3) is 2.52. The normalized spacial score (nSPS) is 19.8. The lowest BCUT2D eigenvalue weighted by Crippen LogP contribution is -2.26. The summed E-state index contributed by atoms with van der Waals surface area (Å²) in [5.74, 6) is -1.69. The molecule has 0 aliphatic carbocycles. The number of anilines is 1. The van der Waals surface area contributed by atoms with Gasteiger partial charge < -0.3 is 10.0 Å². The lowest BCUT2D eigenvalue weighted by atomic mass is 10.1. The van der Waals surface area contributed by atoms with Crippen molar-refractivity contribution in [2.45, 2.75) is 6.42 Å². The molecule has 1 aromatic rings. The molecule has 1 aromatic carbocycles. The van der Waals surface area contributed by atoms with Crippen molar-refractivity contribution in [1.29, 1.82) is 0 Å². The highest BCUT2D eigenvalue weighted by Gasteiger charge is 2.35. The highest BCUT2D eigenvalue weighted by molar-refractivity contribution is 9.11. The van der Waals surface area contributed by atoms with Crippen LogP contribution in [-0.2, 0) is 9.59 Å². The van der Waals surface area contributed by atoms with Crippen molar-refractivity contribution >= 4 is 49.4 Å². The maximum absolute atomic E-state index is 11.8. The molecule has 6 heteroatoms. The number of rotatable bonds is 2. The predicted octanol–water partition coefficient (Wildman–Crippen LogP) is 2.65. The summed E-state index contributed by atoms with van der Waals surface area (Å²) in [7, 11) is 0. The number of aliphatic carboxylic acids is 1. The largest absolute Gasteiger partial charge is 0.481 e. The van der Waals surface area contributed by atoms with Crippen molar-refractivity contribution in [1.82, 2.24) is 0 Å². The first-order chi connectivity index (χ1) is 7.99. The second-order valence-corrected chi connectivity index (χ2v) is 5.61. The first-order valence-corrected chi connectivity index (χ1v) is 6.56. The summed E-state index contributed by atoms with van der Waals surface area (Å²) in [6.07, 6.45) is 0.0673. The number of hydrogen-bond acceptors (Lipinski definition) is 2. The van der Waals surface area contributed by atoms with Gasteiger partial charge in [0.1, 0.15) is 0 Å². The molecule has 1 heterocycles. The van der Waals surface area contributed by atoms with E-state index in [0.29, 0.717) is 5.69 Å². The van der Waals surface area contributed by atoms with Crippen molar-refractivity contribution in [2.75, 3.05) is 11.4 Å². The maximum atomic E-state index is 11.8. The third-order valence-electron chi connectivity index (χ3n) is 2.67. The van der Waals surface area contributed by atoms with Gasteiger partial charge in [0, 0.05) is 21.9 Å². The van der Waals surface area contributed by atoms with E-state index in [-0.39, 0.29) is 18.9 Å². The van der Waals surface area contributed by atoms with Gasteiger partial charge in [-0.15, -0.1) is 0 Å². The monoisotopic (exact) mass is 361 g/mol. The quantitative estimate of drug-likeness (QED) is 0.879. The van der Waals surface area contributed by atoms with Crippen LogP contribution < -0.4 is 4.90 Å². The van der Waals surface area contributed by atoms with E-state index in [4.69, 9.17) is 5.11 Å². The van der Waals surface area contributed by atoms with Crippen molar-refractivity contribution in [2.24, 2.45) is 5.92 Å². The summed E-state index contributed by atoms with van der Waals surface area (Å²) in [6.45, 7) is 0.231. The second kappa shape index (κ2) is 4.78. The summed E-state index contributed by atoms with van der Waals surface area (Å²) in [6, 6.07) is 5.44. The van der Waals surface area contributed by atoms with E-state index >= 15 is 0 Å². The van der Waals surface area contributed by atoms with Crippen LogP contribution in [0.2, 0.25) is 0 Å². The van der Waals surface area contributed by atoms with E-state index in [1.165, 1.54) is 4.90 Å². The molecule has 1 atom stereocenters. The second-order valence-electron chi connectivity index (χ2n) is 3.84. The van der Waals surface area contributed by atoms with E-state index in [1.54, 1.807) is 6.07 Å². The third-order valence-corrected chi connectivity index (χ3v) is 3.80. The number of hydrogen-bond donors (Lipinski definition) is 1. The molecule has 90 valence electrons. The lowest BCUT2D eigenvalue weighted by molar-refractivity contribution is -0.141. The predicted molar refractivity (Wildman–Crippen MR) is 69.9 cm³/mol. The van der Waals surface area contributed by atoms with Gasteiger partial charge in [0.2, 0.25) is 5.91 Å². The zero-order valence-electron chi connectivity index (χ0n) is 8.69. The minimum atomic E-state index is -0.922. The Morgan fingerprint density at radius 2 is 2.12 bits per heavy atom. The van der Waals surface area contributed by atoms with E-state index in [0.717, 1.165) is 8.95 Å². The Kier molecular flexibility index (Phi) is 3.53. The number of halogens is 2. The van der Waals surface area contributed by atoms with E-state index in [1.807, 2.05) is 12.1 Å². The highest BCUT2D eigenvalue weighted by atomic mass is 79.9. The van der Waals surface area contributed by atoms with Crippen LogP contribution in [0.25, 0.3) is 0 Å². The standard InChI is InChI=1S/C11H9Br2NO3/c12-7-1-2-9(8(13)4-7)14-5-6(11(16)17)3-10(14)15/h1-2,4,6H,3,5H2,(H,16,17). The molecule has 17 heavy (non-hydrogen) atoms. The molecule has 1 unspecified atom stereocenters. The number of carboxylic acids is 1. The van der Waals surface area contributed by atoms with Gasteiger partial charge in [-0.3, -0.25) is 9.59 Å². The highest BCUT2D eigenvalue weighted by Crippen LogP contribution is 2.33. The Hall–Kier alpha value is -0.880. The molecule has 1 amide bonds. The van der Waals surface area contributed by atoms with Crippen molar-refractivity contribution in [3.8, 4) is 0 Å². The minimum absolute atomic E-state index is 0.0673. The summed E-state index contributed by atoms with van der Waals surface area (Å²) < 4.78 is 1.67. The summed E-state index contributed by atoms with van der Waals surface area (Å²) in [5, 5.41) is 8.91. The Morgan fingerprint density at radius 3 is 2.65 bits per heavy atom. The molecule has 1 aliphatic rings. The van der Waals surface area contributed by atoms with E-state index in [2.05, 4.69) is 31.9 Å². The van der Waals surface area contributed by atoms with Crippen LogP contribution in [0, 0.1) is 5.92 Å². The molecule has 0 spiro atoms. The number of carbonyl (C=O) groups excluding carboxylic acids is 1. The molecule has 0 radical (unpaired) electrons. The molecule has 1 saturated heterocycles. The topological polar surface area (TPSA) is 57.6 Å². The van der Waals surface area contributed by atoms with Gasteiger partial charge in [0.25, 0.3) is 0 Å². The van der Waals surface area contributed by atoms with Gasteiger partial charge in [0.15, 0.2) is 0 Å². The van der Waals surface area contributed by atoms with Gasteiger partial charge in [-0.2, -0.15) is 0 Å². The fourth-order valence-corrected chi connectivity index (χ4v) is 3.07. The van der Waals surface area contributed by atoms with Crippen LogP contribution in [0.15, 0.2) is 27.1 Å². The van der Waals surface area contributed by atoms with Gasteiger partial charge in [0.05, 0.1) is 11.6 Å². The molecular formula is C11H9Br2NO3. The lowest BCUT2D eigenvalue weighted by Gasteiger charge is -2.17. The fourth-order valence-electron chi connectivity index (χ4n) is 1.81. The Morgan fingerprint density at radius 1 is 1.41 bits per heavy atom. The Labute approximate surface area is 115 Å². The molecule has 2 rings (SSSR count). The number of nitrogens with zero attached hydrogens (tertiary/aromatic N) is 1. The van der Waals surface area contributed by atoms with Crippen LogP contribution in [0.1, 0.15) is 6.42 Å². The fraction of sp³-hybridized carbons (Fsp3) is 0.273. The van der Waals surface area contributed by atoms with E-state index < -0.39 is 11.9 Å². The number of carboxylic acid groups (broad SMARTS) is 1. The SMILES string of the molecule is O=C(O)C1CC(=O)N(c2ccc(Br)cc2Br)C1. The minimum Gasteiger partial charge on any atom is -0.481 e. The van der Waals surface area contributed by atoms with Crippen LogP contribution in [0.5, 0.6) is 0 Å². The van der Waals surface area contributed by atoms with Crippen LogP contribution in [-0.4, -0.2) is 23.5 Å². The van der Waals surface area contributed by atoms with Crippen LogP contribution in [0.4, 0.5) is 5.69 Å². The van der Waals surface area contributed by atoms with Gasteiger partial charge in [-0.05, 0) is 34.1 Å². The van der Waals surface area contributed by atoms with Crippen molar-refractivity contribution < 1.29 is 14.7 Å². The molecule has 1 aliphatic heterocycles. The Bertz CT molecular complexity index is 490. The maximum Gasteiger partial charge on any atom is 0.308 e. The molecule has 1 fully saturated rings. The summed E-state index contributed by atoms with van der Waals surface area (Å²) in [4.78, 5) is 24.1. The zero-order valence-corrected chi connectivity index (χ0v) is 11.9. The summed E-state index contributed by atoms with van der Waals surface area (Å²) in [5.41, 5.74) is 0.710. The average molecular weight is 363 g/mol. The smallest absolute Gasteiger partial charge is 0.308 e. The molecule has 0 bridgehead atoms. The number of amides is 1. The molecule has 0 aromatic heterocycles. The summed E-state index contributed by atoms with van der Waals surface area (Å²) >= 11 is 6.70. The molecule has 1 N–H and O–H groups in total. The van der Waals surface area contributed by atoms with E-state index in [9.17, 15) is 9.59 Å². The number of carbonyl (C=O) groups is 2.